The van der Waals surface area contributed by atoms with E-state index in [9.17, 15) is 9.59 Å². The minimum absolute atomic E-state index is 0.299. The second-order valence-corrected chi connectivity index (χ2v) is 7.45. The third-order valence-electron chi connectivity index (χ3n) is 4.37. The van der Waals surface area contributed by atoms with E-state index in [0.29, 0.717) is 32.5 Å². The molecule has 1 fully saturated rings. The number of carbonyl (C=O) groups excluding carboxylic acids is 2. The number of rotatable bonds is 4. The number of pyridine rings is 1. The molecule has 0 N–H and O–H groups in total. The molecule has 6 heteroatoms. The van der Waals surface area contributed by atoms with Crippen molar-refractivity contribution >= 4 is 12.1 Å². The van der Waals surface area contributed by atoms with Crippen LogP contribution < -0.4 is 0 Å². The molecular weight excluding hydrogens is 332 g/mol. The van der Waals surface area contributed by atoms with Gasteiger partial charge in [-0.25, -0.2) is 9.59 Å². The molecule has 0 spiro atoms. The molecule has 6 nitrogen and oxygen atoms in total. The lowest BCUT2D eigenvalue weighted by molar-refractivity contribution is -0.137. The van der Waals surface area contributed by atoms with E-state index in [-0.39, 0.29) is 17.5 Å². The molecule has 1 saturated heterocycles. The van der Waals surface area contributed by atoms with Crippen molar-refractivity contribution in [1.29, 1.82) is 0 Å². The predicted molar refractivity (Wildman–Crippen MR) is 98.7 cm³/mol. The van der Waals surface area contributed by atoms with Crippen LogP contribution in [0.5, 0.6) is 0 Å². The normalized spacial score (nSPS) is 17.2. The monoisotopic (exact) mass is 360 g/mol. The van der Waals surface area contributed by atoms with Crippen LogP contribution in [-0.4, -0.2) is 47.2 Å². The third-order valence-corrected chi connectivity index (χ3v) is 4.37. The molecule has 0 saturated carbocycles. The Bertz CT molecular complexity index is 642. The molecule has 0 radical (unpaired) electrons. The summed E-state index contributed by atoms with van der Waals surface area (Å²) in [6.45, 7) is 8.80. The van der Waals surface area contributed by atoms with Gasteiger partial charge in [-0.2, -0.15) is 0 Å². The topological polar surface area (TPSA) is 68.7 Å². The smallest absolute Gasteiger partial charge is 0.410 e. The van der Waals surface area contributed by atoms with E-state index in [1.807, 2.05) is 45.2 Å². The molecule has 2 rings (SSSR count). The Balaban J connectivity index is 2.16. The van der Waals surface area contributed by atoms with E-state index in [4.69, 9.17) is 9.47 Å². The minimum Gasteiger partial charge on any atom is -0.463 e. The zero-order chi connectivity index (χ0) is 19.2. The Morgan fingerprint density at radius 1 is 1.31 bits per heavy atom. The average molecular weight is 360 g/mol. The fraction of sp³-hybridized carbons (Fsp3) is 0.550. The summed E-state index contributed by atoms with van der Waals surface area (Å²) in [5.74, 6) is -0.356. The number of piperidine rings is 1. The fourth-order valence-electron chi connectivity index (χ4n) is 3.04. The number of amides is 1. The second kappa shape index (κ2) is 8.34. The molecular formula is C20H28N2O4. The van der Waals surface area contributed by atoms with Crippen LogP contribution in [0.2, 0.25) is 0 Å². The molecule has 1 aromatic rings. The van der Waals surface area contributed by atoms with Gasteiger partial charge in [0.1, 0.15) is 5.60 Å². The Morgan fingerprint density at radius 3 is 2.54 bits per heavy atom. The van der Waals surface area contributed by atoms with Crippen LogP contribution in [0.15, 0.2) is 36.7 Å². The Hall–Kier alpha value is -2.37. The first-order valence-corrected chi connectivity index (χ1v) is 9.00. The first-order chi connectivity index (χ1) is 12.3. The van der Waals surface area contributed by atoms with Crippen LogP contribution in [0.4, 0.5) is 4.79 Å². The summed E-state index contributed by atoms with van der Waals surface area (Å²) >= 11 is 0. The van der Waals surface area contributed by atoms with Gasteiger partial charge in [-0.15, -0.1) is 0 Å². The lowest BCUT2D eigenvalue weighted by atomic mass is 9.73. The zero-order valence-corrected chi connectivity index (χ0v) is 16.0. The first kappa shape index (κ1) is 19.9. The summed E-state index contributed by atoms with van der Waals surface area (Å²) in [5.41, 5.74) is 0.169. The Morgan fingerprint density at radius 2 is 2.00 bits per heavy atom. The van der Waals surface area contributed by atoms with Crippen molar-refractivity contribution in [3.05, 3.63) is 42.2 Å². The van der Waals surface area contributed by atoms with Crippen molar-refractivity contribution in [3.63, 3.8) is 0 Å². The third kappa shape index (κ3) is 5.31. The van der Waals surface area contributed by atoms with Crippen molar-refractivity contribution in [2.45, 2.75) is 51.6 Å². The van der Waals surface area contributed by atoms with Crippen molar-refractivity contribution in [2.75, 3.05) is 19.7 Å². The number of esters is 1. The van der Waals surface area contributed by atoms with E-state index in [1.165, 1.54) is 6.08 Å². The zero-order valence-electron chi connectivity index (χ0n) is 16.0. The Kier molecular flexibility index (Phi) is 6.40. The largest absolute Gasteiger partial charge is 0.463 e. The summed E-state index contributed by atoms with van der Waals surface area (Å²) in [6, 6.07) is 3.89. The molecule has 26 heavy (non-hydrogen) atoms. The number of ether oxygens (including phenoxy) is 2. The van der Waals surface area contributed by atoms with E-state index < -0.39 is 5.60 Å². The lowest BCUT2D eigenvalue weighted by Gasteiger charge is -2.40. The van der Waals surface area contributed by atoms with Crippen LogP contribution in [0.1, 0.15) is 46.1 Å². The second-order valence-electron chi connectivity index (χ2n) is 7.45. The number of carbonyl (C=O) groups is 2. The van der Waals surface area contributed by atoms with Crippen LogP contribution in [-0.2, 0) is 19.7 Å². The minimum atomic E-state index is -0.515. The highest BCUT2D eigenvalue weighted by Crippen LogP contribution is 2.37. The first-order valence-electron chi connectivity index (χ1n) is 9.00. The summed E-state index contributed by atoms with van der Waals surface area (Å²) in [5, 5.41) is 0. The number of hydrogen-bond acceptors (Lipinski definition) is 5. The number of nitrogens with zero attached hydrogens (tertiary/aromatic N) is 2. The van der Waals surface area contributed by atoms with E-state index >= 15 is 0 Å². The van der Waals surface area contributed by atoms with Crippen LogP contribution in [0.25, 0.3) is 0 Å². The van der Waals surface area contributed by atoms with Crippen LogP contribution in [0.3, 0.4) is 0 Å². The van der Waals surface area contributed by atoms with Gasteiger partial charge in [-0.1, -0.05) is 12.1 Å². The van der Waals surface area contributed by atoms with Crippen molar-refractivity contribution in [1.82, 2.24) is 9.88 Å². The maximum Gasteiger partial charge on any atom is 0.410 e. The van der Waals surface area contributed by atoms with Gasteiger partial charge in [0.2, 0.25) is 0 Å². The molecule has 0 atom stereocenters. The Labute approximate surface area is 155 Å². The molecule has 0 bridgehead atoms. The fourth-order valence-corrected chi connectivity index (χ4v) is 3.04. The van der Waals surface area contributed by atoms with Gasteiger partial charge in [0.25, 0.3) is 0 Å². The van der Waals surface area contributed by atoms with Gasteiger partial charge < -0.3 is 14.4 Å². The molecule has 1 aromatic heterocycles. The van der Waals surface area contributed by atoms with Crippen molar-refractivity contribution in [3.8, 4) is 0 Å². The number of aromatic nitrogens is 1. The van der Waals surface area contributed by atoms with E-state index in [2.05, 4.69) is 4.98 Å². The average Bonchev–Trinajstić information content (AvgIpc) is 2.60. The summed E-state index contributed by atoms with van der Waals surface area (Å²) in [6.07, 6.45) is 8.00. The number of likely N-dealkylation sites (tertiary alicyclic amines) is 1. The molecule has 1 aliphatic heterocycles. The molecule has 0 aromatic carbocycles. The summed E-state index contributed by atoms with van der Waals surface area (Å²) < 4.78 is 10.5. The quantitative estimate of drug-likeness (QED) is 0.607. The van der Waals surface area contributed by atoms with Gasteiger partial charge in [0.05, 0.1) is 6.61 Å². The molecule has 0 unspecified atom stereocenters. The maximum atomic E-state index is 12.3. The number of hydrogen-bond donors (Lipinski definition) is 0. The highest BCUT2D eigenvalue weighted by molar-refractivity contribution is 5.82. The maximum absolute atomic E-state index is 12.3. The van der Waals surface area contributed by atoms with Gasteiger partial charge in [-0.3, -0.25) is 4.98 Å². The van der Waals surface area contributed by atoms with Gasteiger partial charge >= 0.3 is 12.1 Å². The molecule has 0 aliphatic carbocycles. The van der Waals surface area contributed by atoms with Gasteiger partial charge in [0, 0.05) is 37.0 Å². The summed E-state index contributed by atoms with van der Waals surface area (Å²) in [4.78, 5) is 30.0. The highest BCUT2D eigenvalue weighted by atomic mass is 16.6. The standard InChI is InChI=1S/C20H28N2O4/c1-5-25-17(23)8-9-20(16-7-6-12-21-15-16)10-13-22(14-11-20)18(24)26-19(2,3)4/h6-9,12,15H,5,10-11,13-14H2,1-4H3/b9-8+. The van der Waals surface area contributed by atoms with E-state index in [1.54, 1.807) is 18.0 Å². The van der Waals surface area contributed by atoms with Crippen LogP contribution >= 0.6 is 0 Å². The van der Waals surface area contributed by atoms with Crippen LogP contribution in [0, 0.1) is 0 Å². The van der Waals surface area contributed by atoms with Crippen molar-refractivity contribution < 1.29 is 19.1 Å². The molecule has 1 amide bonds. The summed E-state index contributed by atoms with van der Waals surface area (Å²) in [7, 11) is 0. The van der Waals surface area contributed by atoms with E-state index in [0.717, 1.165) is 5.56 Å². The SMILES string of the molecule is CCOC(=O)/C=C/C1(c2cccnc2)CCN(C(=O)OC(C)(C)C)CC1. The molecule has 142 valence electrons. The highest BCUT2D eigenvalue weighted by Gasteiger charge is 2.37. The van der Waals surface area contributed by atoms with Gasteiger partial charge in [0.15, 0.2) is 0 Å². The molecule has 1 aliphatic rings. The molecule has 2 heterocycles. The van der Waals surface area contributed by atoms with Crippen molar-refractivity contribution in [2.24, 2.45) is 0 Å². The predicted octanol–water partition coefficient (Wildman–Crippen LogP) is 3.47. The lowest BCUT2D eigenvalue weighted by Crippen LogP contribution is -2.46. The number of allylic oxidation sites excluding steroid dienone is 1. The van der Waals surface area contributed by atoms with Gasteiger partial charge in [-0.05, 0) is 52.2 Å².